The SMILES string of the molecule is Cn1cc(-c2ccc3cnn(Cc4ccc5ncccc5c4)c3c2)cn1. The molecule has 0 fully saturated rings. The molecule has 0 N–H and O–H groups in total. The van der Waals surface area contributed by atoms with Crippen molar-refractivity contribution >= 4 is 21.8 Å². The van der Waals surface area contributed by atoms with Crippen LogP contribution in [0, 0.1) is 0 Å². The second-order valence-electron chi connectivity index (χ2n) is 6.51. The van der Waals surface area contributed by atoms with Crippen LogP contribution >= 0.6 is 0 Å². The first-order chi connectivity index (χ1) is 12.8. The normalized spacial score (nSPS) is 11.4. The fraction of sp³-hybridized carbons (Fsp3) is 0.0952. The Morgan fingerprint density at radius 3 is 2.73 bits per heavy atom. The van der Waals surface area contributed by atoms with Crippen LogP contribution in [0.5, 0.6) is 0 Å². The average molecular weight is 339 g/mol. The molecule has 2 aromatic carbocycles. The van der Waals surface area contributed by atoms with Crippen LogP contribution in [0.3, 0.4) is 0 Å². The van der Waals surface area contributed by atoms with Crippen molar-refractivity contribution in [2.24, 2.45) is 7.05 Å². The highest BCUT2D eigenvalue weighted by atomic mass is 15.3. The van der Waals surface area contributed by atoms with Crippen LogP contribution in [0.4, 0.5) is 0 Å². The van der Waals surface area contributed by atoms with Gasteiger partial charge < -0.3 is 0 Å². The molecule has 0 atom stereocenters. The topological polar surface area (TPSA) is 48.5 Å². The van der Waals surface area contributed by atoms with Gasteiger partial charge in [0.2, 0.25) is 0 Å². The molecule has 5 rings (SSSR count). The molecule has 0 aliphatic heterocycles. The maximum atomic E-state index is 4.59. The van der Waals surface area contributed by atoms with E-state index in [1.54, 1.807) is 0 Å². The number of pyridine rings is 1. The Morgan fingerprint density at radius 1 is 0.885 bits per heavy atom. The van der Waals surface area contributed by atoms with Crippen molar-refractivity contribution in [3.63, 3.8) is 0 Å². The molecule has 5 aromatic rings. The highest BCUT2D eigenvalue weighted by Crippen LogP contribution is 2.25. The van der Waals surface area contributed by atoms with Crippen molar-refractivity contribution in [3.05, 3.63) is 78.9 Å². The zero-order chi connectivity index (χ0) is 17.5. The second-order valence-corrected chi connectivity index (χ2v) is 6.51. The van der Waals surface area contributed by atoms with Gasteiger partial charge in [0.15, 0.2) is 0 Å². The summed E-state index contributed by atoms with van der Waals surface area (Å²) in [6.45, 7) is 0.727. The molecule has 0 aliphatic rings. The number of hydrogen-bond donors (Lipinski definition) is 0. The first-order valence-corrected chi connectivity index (χ1v) is 8.54. The number of fused-ring (bicyclic) bond motifs is 2. The summed E-state index contributed by atoms with van der Waals surface area (Å²) >= 11 is 0. The van der Waals surface area contributed by atoms with E-state index >= 15 is 0 Å². The molecule has 5 nitrogen and oxygen atoms in total. The molecule has 0 aliphatic carbocycles. The molecule has 0 unspecified atom stereocenters. The monoisotopic (exact) mass is 339 g/mol. The van der Waals surface area contributed by atoms with E-state index in [1.165, 1.54) is 5.56 Å². The van der Waals surface area contributed by atoms with Crippen molar-refractivity contribution in [2.75, 3.05) is 0 Å². The fourth-order valence-electron chi connectivity index (χ4n) is 3.34. The van der Waals surface area contributed by atoms with Gasteiger partial charge in [0.05, 0.1) is 30.0 Å². The first kappa shape index (κ1) is 14.8. The minimum atomic E-state index is 0.727. The van der Waals surface area contributed by atoms with Crippen molar-refractivity contribution in [3.8, 4) is 11.1 Å². The quantitative estimate of drug-likeness (QED) is 0.498. The lowest BCUT2D eigenvalue weighted by atomic mass is 10.1. The number of aryl methyl sites for hydroxylation is 1. The summed E-state index contributed by atoms with van der Waals surface area (Å²) in [5.41, 5.74) is 5.61. The van der Waals surface area contributed by atoms with Crippen LogP contribution in [0.25, 0.3) is 32.9 Å². The maximum absolute atomic E-state index is 4.59. The van der Waals surface area contributed by atoms with E-state index < -0.39 is 0 Å². The molecule has 0 spiro atoms. The van der Waals surface area contributed by atoms with E-state index in [1.807, 2.05) is 47.3 Å². The van der Waals surface area contributed by atoms with Gasteiger partial charge in [-0.05, 0) is 35.4 Å². The predicted molar refractivity (Wildman–Crippen MR) is 103 cm³/mol. The predicted octanol–water partition coefficient (Wildman–Crippen LogP) is 4.03. The van der Waals surface area contributed by atoms with Gasteiger partial charge in [-0.25, -0.2) is 0 Å². The van der Waals surface area contributed by atoms with Gasteiger partial charge in [0.1, 0.15) is 0 Å². The Kier molecular flexibility index (Phi) is 3.31. The smallest absolute Gasteiger partial charge is 0.0702 e. The highest BCUT2D eigenvalue weighted by molar-refractivity contribution is 5.84. The molecule has 0 bridgehead atoms. The Labute approximate surface area is 150 Å². The highest BCUT2D eigenvalue weighted by Gasteiger charge is 2.08. The van der Waals surface area contributed by atoms with Gasteiger partial charge in [-0.3, -0.25) is 14.3 Å². The van der Waals surface area contributed by atoms with Crippen LogP contribution in [0.1, 0.15) is 5.56 Å². The van der Waals surface area contributed by atoms with Crippen LogP contribution in [-0.4, -0.2) is 24.5 Å². The summed E-state index contributed by atoms with van der Waals surface area (Å²) in [7, 11) is 1.93. The number of hydrogen-bond acceptors (Lipinski definition) is 3. The Hall–Kier alpha value is -3.47. The van der Waals surface area contributed by atoms with E-state index in [0.717, 1.165) is 39.5 Å². The van der Waals surface area contributed by atoms with Crippen molar-refractivity contribution in [1.82, 2.24) is 24.5 Å². The number of nitrogens with zero attached hydrogens (tertiary/aromatic N) is 5. The van der Waals surface area contributed by atoms with Crippen LogP contribution in [-0.2, 0) is 13.6 Å². The summed E-state index contributed by atoms with van der Waals surface area (Å²) in [6.07, 6.45) is 7.66. The summed E-state index contributed by atoms with van der Waals surface area (Å²) in [6, 6.07) is 16.8. The molecular formula is C21H17N5. The number of benzene rings is 2. The molecule has 0 radical (unpaired) electrons. The number of rotatable bonds is 3. The summed E-state index contributed by atoms with van der Waals surface area (Å²) in [5.74, 6) is 0. The summed E-state index contributed by atoms with van der Waals surface area (Å²) in [4.78, 5) is 4.39. The van der Waals surface area contributed by atoms with Crippen molar-refractivity contribution < 1.29 is 0 Å². The molecule has 0 saturated carbocycles. The molecule has 0 saturated heterocycles. The van der Waals surface area contributed by atoms with Crippen molar-refractivity contribution in [2.45, 2.75) is 6.54 Å². The van der Waals surface area contributed by atoms with Crippen LogP contribution in [0.15, 0.2) is 73.3 Å². The largest absolute Gasteiger partial charge is 0.275 e. The van der Waals surface area contributed by atoms with Gasteiger partial charge in [-0.1, -0.05) is 24.3 Å². The zero-order valence-corrected chi connectivity index (χ0v) is 14.4. The molecule has 26 heavy (non-hydrogen) atoms. The van der Waals surface area contributed by atoms with Crippen LogP contribution in [0.2, 0.25) is 0 Å². The van der Waals surface area contributed by atoms with Gasteiger partial charge >= 0.3 is 0 Å². The third-order valence-corrected chi connectivity index (χ3v) is 4.68. The lowest BCUT2D eigenvalue weighted by Gasteiger charge is -2.06. The lowest BCUT2D eigenvalue weighted by molar-refractivity contribution is 0.713. The van der Waals surface area contributed by atoms with E-state index in [2.05, 4.69) is 57.6 Å². The lowest BCUT2D eigenvalue weighted by Crippen LogP contribution is -2.01. The third-order valence-electron chi connectivity index (χ3n) is 4.68. The maximum Gasteiger partial charge on any atom is 0.0702 e. The van der Waals surface area contributed by atoms with Gasteiger partial charge in [-0.15, -0.1) is 0 Å². The number of aromatic nitrogens is 5. The summed E-state index contributed by atoms with van der Waals surface area (Å²) < 4.78 is 3.87. The molecule has 126 valence electrons. The average Bonchev–Trinajstić information content (AvgIpc) is 3.28. The minimum Gasteiger partial charge on any atom is -0.275 e. The van der Waals surface area contributed by atoms with Gasteiger partial charge in [-0.2, -0.15) is 10.2 Å². The van der Waals surface area contributed by atoms with E-state index in [4.69, 9.17) is 0 Å². The van der Waals surface area contributed by atoms with Gasteiger partial charge in [0, 0.05) is 35.8 Å². The first-order valence-electron chi connectivity index (χ1n) is 8.54. The minimum absolute atomic E-state index is 0.727. The van der Waals surface area contributed by atoms with E-state index in [0.29, 0.717) is 0 Å². The third kappa shape index (κ3) is 2.54. The van der Waals surface area contributed by atoms with Crippen molar-refractivity contribution in [1.29, 1.82) is 0 Å². The molecule has 3 aromatic heterocycles. The Balaban J connectivity index is 1.55. The van der Waals surface area contributed by atoms with Gasteiger partial charge in [0.25, 0.3) is 0 Å². The summed E-state index contributed by atoms with van der Waals surface area (Å²) in [5, 5.41) is 11.1. The fourth-order valence-corrected chi connectivity index (χ4v) is 3.34. The Morgan fingerprint density at radius 2 is 1.85 bits per heavy atom. The van der Waals surface area contributed by atoms with Crippen LogP contribution < -0.4 is 0 Å². The standard InChI is InChI=1S/C21H17N5/c1-25-14-19(12-23-25)16-5-6-18-11-24-26(21(18)10-16)13-15-4-7-20-17(9-15)3-2-8-22-20/h2-12,14H,13H2,1H3. The zero-order valence-electron chi connectivity index (χ0n) is 14.4. The molecular weight excluding hydrogens is 322 g/mol. The van der Waals surface area contributed by atoms with E-state index in [9.17, 15) is 0 Å². The molecule has 3 heterocycles. The molecule has 5 heteroatoms. The Bertz CT molecular complexity index is 1230. The van der Waals surface area contributed by atoms with E-state index in [-0.39, 0.29) is 0 Å². The second kappa shape index (κ2) is 5.81. The molecule has 0 amide bonds.